The van der Waals surface area contributed by atoms with Crippen LogP contribution in [0.25, 0.3) is 0 Å². The minimum absolute atomic E-state index is 0.0735. The van der Waals surface area contributed by atoms with Crippen molar-refractivity contribution in [3.8, 4) is 6.07 Å². The van der Waals surface area contributed by atoms with E-state index in [0.29, 0.717) is 0 Å². The van der Waals surface area contributed by atoms with Gasteiger partial charge in [-0.25, -0.2) is 0 Å². The summed E-state index contributed by atoms with van der Waals surface area (Å²) in [7, 11) is 0. The van der Waals surface area contributed by atoms with Crippen LogP contribution in [0.15, 0.2) is 30.3 Å². The average molecular weight is 242 g/mol. The summed E-state index contributed by atoms with van der Waals surface area (Å²) in [5.41, 5.74) is 1.35. The number of hydrogen-bond donors (Lipinski definition) is 0. The van der Waals surface area contributed by atoms with Gasteiger partial charge in [0.25, 0.3) is 0 Å². The summed E-state index contributed by atoms with van der Waals surface area (Å²) < 4.78 is 0. The number of likely N-dealkylation sites (tertiary alicyclic amines) is 1. The lowest BCUT2D eigenvalue weighted by Gasteiger charge is -2.34. The second-order valence-electron chi connectivity index (χ2n) is 5.60. The number of rotatable bonds is 4. The Bertz CT molecular complexity index is 397. The Labute approximate surface area is 110 Å². The van der Waals surface area contributed by atoms with Crippen molar-refractivity contribution in [1.82, 2.24) is 4.90 Å². The smallest absolute Gasteiger partial charge is 0.0687 e. The maximum absolute atomic E-state index is 9.09. The summed E-state index contributed by atoms with van der Waals surface area (Å²) in [4.78, 5) is 2.50. The molecule has 2 heteroatoms. The van der Waals surface area contributed by atoms with E-state index in [1.54, 1.807) is 0 Å². The van der Waals surface area contributed by atoms with Crippen molar-refractivity contribution < 1.29 is 0 Å². The first-order valence-corrected chi connectivity index (χ1v) is 6.89. The fourth-order valence-electron chi connectivity index (χ4n) is 2.53. The van der Waals surface area contributed by atoms with E-state index >= 15 is 0 Å². The number of aryl methyl sites for hydroxylation is 1. The largest absolute Gasteiger partial charge is 0.303 e. The Morgan fingerprint density at radius 2 is 1.89 bits per heavy atom. The molecule has 2 nitrogen and oxygen atoms in total. The van der Waals surface area contributed by atoms with Crippen LogP contribution in [0.5, 0.6) is 0 Å². The van der Waals surface area contributed by atoms with Crippen LogP contribution >= 0.6 is 0 Å². The first-order chi connectivity index (χ1) is 8.72. The highest BCUT2D eigenvalue weighted by atomic mass is 15.1. The lowest BCUT2D eigenvalue weighted by atomic mass is 9.82. The maximum Gasteiger partial charge on any atom is 0.0687 e. The zero-order valence-corrected chi connectivity index (χ0v) is 11.2. The molecule has 18 heavy (non-hydrogen) atoms. The predicted octanol–water partition coefficient (Wildman–Crippen LogP) is 3.24. The van der Waals surface area contributed by atoms with Gasteiger partial charge in [-0.05, 0) is 57.8 Å². The SMILES string of the molecule is CC1(C#N)CCN(CCCc2ccccc2)CC1. The highest BCUT2D eigenvalue weighted by Crippen LogP contribution is 2.29. The Hall–Kier alpha value is -1.33. The van der Waals surface area contributed by atoms with Crippen molar-refractivity contribution in [2.75, 3.05) is 19.6 Å². The molecule has 0 atom stereocenters. The summed E-state index contributed by atoms with van der Waals surface area (Å²) in [5.74, 6) is 0. The van der Waals surface area contributed by atoms with E-state index < -0.39 is 0 Å². The topological polar surface area (TPSA) is 27.0 Å². The van der Waals surface area contributed by atoms with Gasteiger partial charge in [0.05, 0.1) is 11.5 Å². The fourth-order valence-corrected chi connectivity index (χ4v) is 2.53. The molecule has 96 valence electrons. The van der Waals surface area contributed by atoms with Gasteiger partial charge in [-0.3, -0.25) is 0 Å². The number of hydrogen-bond acceptors (Lipinski definition) is 2. The molecule has 0 spiro atoms. The third-order valence-electron chi connectivity index (χ3n) is 4.01. The van der Waals surface area contributed by atoms with Crippen LogP contribution in [0, 0.1) is 16.7 Å². The molecular weight excluding hydrogens is 220 g/mol. The van der Waals surface area contributed by atoms with Crippen LogP contribution in [0.2, 0.25) is 0 Å². The van der Waals surface area contributed by atoms with Crippen molar-refractivity contribution in [3.05, 3.63) is 35.9 Å². The van der Waals surface area contributed by atoms with Gasteiger partial charge in [0.1, 0.15) is 0 Å². The highest BCUT2D eigenvalue weighted by Gasteiger charge is 2.29. The second kappa shape index (κ2) is 6.02. The summed E-state index contributed by atoms with van der Waals surface area (Å²) in [5, 5.41) is 9.09. The van der Waals surface area contributed by atoms with Crippen molar-refractivity contribution >= 4 is 0 Å². The normalized spacial score (nSPS) is 19.3. The first-order valence-electron chi connectivity index (χ1n) is 6.89. The van der Waals surface area contributed by atoms with E-state index in [1.165, 1.54) is 12.0 Å². The minimum atomic E-state index is -0.0735. The number of piperidine rings is 1. The molecule has 0 radical (unpaired) electrons. The molecule has 1 heterocycles. The average Bonchev–Trinajstić information content (AvgIpc) is 2.42. The Kier molecular flexibility index (Phi) is 4.38. The van der Waals surface area contributed by atoms with Gasteiger partial charge in [-0.1, -0.05) is 30.3 Å². The third kappa shape index (κ3) is 3.58. The molecule has 2 rings (SSSR count). The molecule has 0 bridgehead atoms. The van der Waals surface area contributed by atoms with Crippen LogP contribution < -0.4 is 0 Å². The van der Waals surface area contributed by atoms with E-state index in [2.05, 4.69) is 48.2 Å². The summed E-state index contributed by atoms with van der Waals surface area (Å²) in [6.07, 6.45) is 4.42. The van der Waals surface area contributed by atoms with Crippen molar-refractivity contribution in [2.45, 2.75) is 32.6 Å². The third-order valence-corrected chi connectivity index (χ3v) is 4.01. The molecule has 0 aromatic heterocycles. The van der Waals surface area contributed by atoms with E-state index in [0.717, 1.165) is 38.9 Å². The molecule has 0 aliphatic carbocycles. The van der Waals surface area contributed by atoms with E-state index in [1.807, 2.05) is 0 Å². The lowest BCUT2D eigenvalue weighted by Crippen LogP contribution is -2.38. The van der Waals surface area contributed by atoms with Gasteiger partial charge in [-0.2, -0.15) is 5.26 Å². The summed E-state index contributed by atoms with van der Waals surface area (Å²) in [6.45, 7) is 5.42. The second-order valence-corrected chi connectivity index (χ2v) is 5.60. The van der Waals surface area contributed by atoms with E-state index in [4.69, 9.17) is 5.26 Å². The van der Waals surface area contributed by atoms with Gasteiger partial charge >= 0.3 is 0 Å². The molecule has 1 fully saturated rings. The maximum atomic E-state index is 9.09. The molecule has 0 amide bonds. The van der Waals surface area contributed by atoms with E-state index in [-0.39, 0.29) is 5.41 Å². The molecule has 0 unspecified atom stereocenters. The molecule has 1 aromatic rings. The van der Waals surface area contributed by atoms with Crippen LogP contribution in [0.4, 0.5) is 0 Å². The van der Waals surface area contributed by atoms with Gasteiger partial charge in [0.2, 0.25) is 0 Å². The van der Waals surface area contributed by atoms with Crippen LogP contribution in [0.1, 0.15) is 31.7 Å². The molecule has 1 aliphatic rings. The number of benzene rings is 1. The van der Waals surface area contributed by atoms with Crippen LogP contribution in [0.3, 0.4) is 0 Å². The summed E-state index contributed by atoms with van der Waals surface area (Å²) in [6, 6.07) is 13.1. The van der Waals surface area contributed by atoms with Crippen molar-refractivity contribution in [2.24, 2.45) is 5.41 Å². The van der Waals surface area contributed by atoms with Crippen molar-refractivity contribution in [1.29, 1.82) is 5.26 Å². The van der Waals surface area contributed by atoms with Gasteiger partial charge < -0.3 is 4.90 Å². The Balaban J connectivity index is 1.69. The van der Waals surface area contributed by atoms with Gasteiger partial charge in [0.15, 0.2) is 0 Å². The summed E-state index contributed by atoms with van der Waals surface area (Å²) >= 11 is 0. The van der Waals surface area contributed by atoms with Gasteiger partial charge in [-0.15, -0.1) is 0 Å². The number of nitriles is 1. The predicted molar refractivity (Wildman–Crippen MR) is 74.2 cm³/mol. The number of nitrogens with zero attached hydrogens (tertiary/aromatic N) is 2. The molecule has 1 aliphatic heterocycles. The molecule has 0 saturated carbocycles. The highest BCUT2D eigenvalue weighted by molar-refractivity contribution is 5.14. The Morgan fingerprint density at radius 1 is 1.22 bits per heavy atom. The molecule has 0 N–H and O–H groups in total. The zero-order chi connectivity index (χ0) is 12.8. The van der Waals surface area contributed by atoms with Gasteiger partial charge in [0, 0.05) is 0 Å². The van der Waals surface area contributed by atoms with Crippen LogP contribution in [-0.2, 0) is 6.42 Å². The molecule has 1 saturated heterocycles. The minimum Gasteiger partial charge on any atom is -0.303 e. The standard InChI is InChI=1S/C16H22N2/c1-16(14-17)9-12-18(13-10-16)11-5-8-15-6-3-2-4-7-15/h2-4,6-7H,5,8-13H2,1H3. The zero-order valence-electron chi connectivity index (χ0n) is 11.2. The quantitative estimate of drug-likeness (QED) is 0.810. The molecule has 1 aromatic carbocycles. The van der Waals surface area contributed by atoms with Crippen molar-refractivity contribution in [3.63, 3.8) is 0 Å². The lowest BCUT2D eigenvalue weighted by molar-refractivity contribution is 0.155. The van der Waals surface area contributed by atoms with E-state index in [9.17, 15) is 0 Å². The molecular formula is C16H22N2. The first kappa shape index (κ1) is 13.1. The Morgan fingerprint density at radius 3 is 2.50 bits per heavy atom. The monoisotopic (exact) mass is 242 g/mol. The fraction of sp³-hybridized carbons (Fsp3) is 0.562. The van der Waals surface area contributed by atoms with Crippen LogP contribution in [-0.4, -0.2) is 24.5 Å².